The number of methoxy groups -OCH3 is 1. The quantitative estimate of drug-likeness (QED) is 0.0254. The number of fused-ring (bicyclic) bond motifs is 3. The first kappa shape index (κ1) is 49.0. The van der Waals surface area contributed by atoms with Crippen LogP contribution in [0.2, 0.25) is 0 Å². The van der Waals surface area contributed by atoms with Gasteiger partial charge in [0.15, 0.2) is 6.29 Å². The summed E-state index contributed by atoms with van der Waals surface area (Å²) < 4.78 is 38.6. The van der Waals surface area contributed by atoms with E-state index < -0.39 is 30.1 Å². The van der Waals surface area contributed by atoms with Crippen molar-refractivity contribution in [2.24, 2.45) is 22.9 Å². The summed E-state index contributed by atoms with van der Waals surface area (Å²) in [6.07, 6.45) is 10.7. The van der Waals surface area contributed by atoms with E-state index in [0.29, 0.717) is 60.1 Å². The minimum Gasteiger partial charge on any atom is -0.496 e. The highest BCUT2D eigenvalue weighted by atomic mass is 35.5. The number of benzene rings is 4. The molecule has 2 aliphatic heterocycles. The summed E-state index contributed by atoms with van der Waals surface area (Å²) in [5, 5.41) is 27.1. The van der Waals surface area contributed by atoms with Crippen molar-refractivity contribution < 1.29 is 53.1 Å². The number of oxime groups is 1. The Morgan fingerprint density at radius 2 is 1.78 bits per heavy atom. The number of unbranched alkanes of at least 4 members (excludes halogenated alkanes) is 2. The zero-order valence-electron chi connectivity index (χ0n) is 38.8. The first-order chi connectivity index (χ1) is 33.4. The maximum absolute atomic E-state index is 14.9. The van der Waals surface area contributed by atoms with Crippen LogP contribution in [0.1, 0.15) is 91.6 Å². The van der Waals surface area contributed by atoms with Crippen LogP contribution in [0, 0.1) is 17.8 Å². The average Bonchev–Trinajstić information content (AvgIpc) is 3.37. The van der Waals surface area contributed by atoms with E-state index in [9.17, 15) is 19.8 Å². The van der Waals surface area contributed by atoms with Crippen molar-refractivity contribution in [1.82, 2.24) is 4.90 Å². The van der Waals surface area contributed by atoms with Gasteiger partial charge in [0.05, 0.1) is 49.9 Å². The molecule has 1 saturated heterocycles. The number of aliphatic hydroxyl groups excluding tert-OH is 2. The maximum Gasteiger partial charge on any atom is 0.410 e. The molecule has 14 heteroatoms. The number of carbonyl (C=O) groups is 2. The normalized spacial score (nSPS) is 24.5. The number of amides is 1. The van der Waals surface area contributed by atoms with Crippen LogP contribution >= 0.6 is 11.6 Å². The first-order valence-corrected chi connectivity index (χ1v) is 24.5. The van der Waals surface area contributed by atoms with E-state index in [1.54, 1.807) is 29.2 Å². The lowest BCUT2D eigenvalue weighted by atomic mass is 9.55. The van der Waals surface area contributed by atoms with Crippen molar-refractivity contribution in [2.75, 3.05) is 46.0 Å². The number of hydrogen-bond donors (Lipinski definition) is 2. The molecule has 2 aliphatic carbocycles. The second-order valence-electron chi connectivity index (χ2n) is 17.9. The lowest BCUT2D eigenvalue weighted by Crippen LogP contribution is -2.70. The molecule has 68 heavy (non-hydrogen) atoms. The molecule has 1 unspecified atom stereocenters. The molecule has 4 aromatic rings. The van der Waals surface area contributed by atoms with Crippen molar-refractivity contribution >= 4 is 40.5 Å². The standard InChI is InChI=1S/C54H63ClN2O11/c1-3-27-65-54-49(57(53(61)64-29-24-55)34-38-16-12-15-36-13-4-5-17-42(36)38)33-46(56-68-50-19-8-11-28-63-50)44-31-37(14-6-9-25-58)43(18-7-10-26-59)51(52(44)54)45-32-41(21-23-48(45)67-54)66-40-20-22-47(62-2)39(30-40)35-60/h3-5,12-13,15-17,20-23,30-32,35,37,43,49-52,58-59H,1,6-11,14,18-19,24-29,33-34H2,2H3/t37-,43+,49-,50?,51+,52+,54+/m0/s1. The molecule has 2 fully saturated rings. The number of halogens is 1. The van der Waals surface area contributed by atoms with Crippen LogP contribution in [-0.2, 0) is 25.6 Å². The van der Waals surface area contributed by atoms with Crippen LogP contribution in [-0.4, -0.2) is 97.3 Å². The van der Waals surface area contributed by atoms with E-state index >= 15 is 0 Å². The van der Waals surface area contributed by atoms with Gasteiger partial charge in [-0.15, -0.1) is 18.2 Å². The number of aliphatic hydroxyl groups is 2. The number of nitrogens with zero attached hydrogens (tertiary/aromatic N) is 2. The first-order valence-electron chi connectivity index (χ1n) is 24.0. The van der Waals surface area contributed by atoms with Gasteiger partial charge in [0.2, 0.25) is 12.1 Å². The number of aldehydes is 1. The molecule has 1 amide bonds. The van der Waals surface area contributed by atoms with Crippen molar-refractivity contribution in [1.29, 1.82) is 0 Å². The summed E-state index contributed by atoms with van der Waals surface area (Å²) in [5.41, 5.74) is 3.66. The Morgan fingerprint density at radius 3 is 2.54 bits per heavy atom. The molecule has 1 saturated carbocycles. The Balaban J connectivity index is 1.35. The van der Waals surface area contributed by atoms with Crippen molar-refractivity contribution in [2.45, 2.75) is 94.8 Å². The zero-order valence-corrected chi connectivity index (χ0v) is 39.5. The molecule has 0 radical (unpaired) electrons. The molecule has 2 N–H and O–H groups in total. The number of allylic oxidation sites excluding steroid dienone is 1. The van der Waals surface area contributed by atoms with E-state index in [-0.39, 0.29) is 63.0 Å². The Labute approximate surface area is 403 Å². The fraction of sp³-hybridized carbons (Fsp3) is 0.463. The average molecular weight is 952 g/mol. The fourth-order valence-electron chi connectivity index (χ4n) is 10.8. The molecule has 4 aliphatic rings. The Hall–Kier alpha value is -5.44. The highest BCUT2D eigenvalue weighted by Crippen LogP contribution is 2.62. The largest absolute Gasteiger partial charge is 0.496 e. The number of rotatable bonds is 22. The van der Waals surface area contributed by atoms with Gasteiger partial charge in [-0.2, -0.15) is 0 Å². The van der Waals surface area contributed by atoms with Crippen LogP contribution in [0.3, 0.4) is 0 Å². The van der Waals surface area contributed by atoms with E-state index in [1.165, 1.54) is 7.11 Å². The molecule has 4 aromatic carbocycles. The summed E-state index contributed by atoms with van der Waals surface area (Å²) >= 11 is 6.19. The predicted octanol–water partition coefficient (Wildman–Crippen LogP) is 10.5. The van der Waals surface area contributed by atoms with E-state index in [0.717, 1.165) is 72.3 Å². The molecule has 2 heterocycles. The minimum absolute atomic E-state index is 0.00834. The zero-order chi connectivity index (χ0) is 47.5. The third-order valence-electron chi connectivity index (χ3n) is 13.8. The molecule has 13 nitrogen and oxygen atoms in total. The van der Waals surface area contributed by atoms with Gasteiger partial charge in [0, 0.05) is 37.5 Å². The highest BCUT2D eigenvalue weighted by Gasteiger charge is 2.66. The predicted molar refractivity (Wildman–Crippen MR) is 260 cm³/mol. The van der Waals surface area contributed by atoms with Crippen molar-refractivity contribution in [3.8, 4) is 23.0 Å². The van der Waals surface area contributed by atoms with E-state index in [1.807, 2.05) is 60.7 Å². The third kappa shape index (κ3) is 10.6. The van der Waals surface area contributed by atoms with Crippen LogP contribution in [0.25, 0.3) is 10.8 Å². The van der Waals surface area contributed by atoms with Crippen molar-refractivity contribution in [3.05, 3.63) is 120 Å². The Bertz CT molecular complexity index is 2430. The van der Waals surface area contributed by atoms with E-state index in [2.05, 4.69) is 12.7 Å². The van der Waals surface area contributed by atoms with E-state index in [4.69, 9.17) is 50.0 Å². The molecule has 7 atom stereocenters. The summed E-state index contributed by atoms with van der Waals surface area (Å²) in [7, 11) is 1.51. The lowest BCUT2D eigenvalue weighted by molar-refractivity contribution is -0.256. The number of carbonyl (C=O) groups excluding carboxylic acids is 2. The number of ether oxygens (including phenoxy) is 6. The van der Waals surface area contributed by atoms with Gasteiger partial charge in [-0.25, -0.2) is 4.79 Å². The van der Waals surface area contributed by atoms with Crippen molar-refractivity contribution in [3.63, 3.8) is 0 Å². The smallest absolute Gasteiger partial charge is 0.410 e. The van der Waals surface area contributed by atoms with Gasteiger partial charge < -0.3 is 43.5 Å². The molecule has 0 aromatic heterocycles. The third-order valence-corrected chi connectivity index (χ3v) is 13.9. The molecule has 8 rings (SSSR count). The summed E-state index contributed by atoms with van der Waals surface area (Å²) in [6.45, 7) is 4.98. The second kappa shape index (κ2) is 23.2. The van der Waals surface area contributed by atoms with Crippen LogP contribution in [0.15, 0.2) is 108 Å². The van der Waals surface area contributed by atoms with Gasteiger partial charge in [-0.05, 0) is 109 Å². The molecule has 0 bridgehead atoms. The summed E-state index contributed by atoms with van der Waals surface area (Å²) in [5.74, 6) is -0.377. The second-order valence-corrected chi connectivity index (χ2v) is 18.2. The van der Waals surface area contributed by atoms with Crippen LogP contribution in [0.5, 0.6) is 23.0 Å². The number of alkyl halides is 1. The van der Waals surface area contributed by atoms with Crippen LogP contribution < -0.4 is 14.2 Å². The molecule has 0 spiro atoms. The van der Waals surface area contributed by atoms with Gasteiger partial charge in [0.25, 0.3) is 0 Å². The van der Waals surface area contributed by atoms with Crippen LogP contribution in [0.4, 0.5) is 4.79 Å². The SMILES string of the molecule is C=CCO[C@@]12Oc3ccc(Oc4ccc(OC)c(C=O)c4)cc3[C@H]3[C@H](CCCCO)[C@@H](CCCCO)C=C(C(=NOC4CCCCO4)C[C@@H]1N(Cc1cccc4ccccc14)C(=O)OCCCl)[C@H]32. The Kier molecular flexibility index (Phi) is 16.7. The van der Waals surface area contributed by atoms with Gasteiger partial charge in [-0.3, -0.25) is 9.69 Å². The summed E-state index contributed by atoms with van der Waals surface area (Å²) in [6, 6.07) is 24.1. The Morgan fingerprint density at radius 1 is 0.985 bits per heavy atom. The fourth-order valence-corrected chi connectivity index (χ4v) is 10.8. The molecular formula is C54H63ClN2O11. The highest BCUT2D eigenvalue weighted by molar-refractivity contribution is 6.18. The minimum atomic E-state index is -1.54. The lowest BCUT2D eigenvalue weighted by Gasteiger charge is -2.60. The molecule has 362 valence electrons. The molecular weight excluding hydrogens is 888 g/mol. The topological polar surface area (TPSA) is 155 Å². The van der Waals surface area contributed by atoms with Gasteiger partial charge >= 0.3 is 6.09 Å². The van der Waals surface area contributed by atoms with Gasteiger partial charge in [0.1, 0.15) is 35.6 Å². The number of hydrogen-bond acceptors (Lipinski definition) is 12. The maximum atomic E-state index is 14.9. The van der Waals surface area contributed by atoms with Gasteiger partial charge in [-0.1, -0.05) is 72.6 Å². The summed E-state index contributed by atoms with van der Waals surface area (Å²) in [4.78, 5) is 35.0. The monoisotopic (exact) mass is 950 g/mol.